The highest BCUT2D eigenvalue weighted by Gasteiger charge is 2.07. The Balaban J connectivity index is 2.09. The van der Waals surface area contributed by atoms with Gasteiger partial charge in [-0.3, -0.25) is 4.79 Å². The molecule has 17 heavy (non-hydrogen) atoms. The summed E-state index contributed by atoms with van der Waals surface area (Å²) in [4.78, 5) is 11.4. The second kappa shape index (κ2) is 5.42. The first-order valence-electron chi connectivity index (χ1n) is 4.80. The van der Waals surface area contributed by atoms with Crippen molar-refractivity contribution in [2.75, 3.05) is 0 Å². The van der Waals surface area contributed by atoms with Gasteiger partial charge in [0.15, 0.2) is 11.6 Å². The molecule has 0 aliphatic carbocycles. The van der Waals surface area contributed by atoms with Crippen molar-refractivity contribution in [1.82, 2.24) is 0 Å². The molecule has 2 aromatic rings. The number of hydrogen-bond acceptors (Lipinski definition) is 3. The van der Waals surface area contributed by atoms with Gasteiger partial charge in [0.25, 0.3) is 0 Å². The van der Waals surface area contributed by atoms with Gasteiger partial charge in [-0.2, -0.15) is 0 Å². The summed E-state index contributed by atoms with van der Waals surface area (Å²) in [5, 5.41) is 1.93. The van der Waals surface area contributed by atoms with Crippen molar-refractivity contribution in [1.29, 1.82) is 0 Å². The number of hydrogen-bond donors (Lipinski definition) is 0. The maximum atomic E-state index is 13.5. The molecule has 0 saturated heterocycles. The average Bonchev–Trinajstić information content (AvgIpc) is 2.73. The summed E-state index contributed by atoms with van der Waals surface area (Å²) < 4.78 is 19.8. The van der Waals surface area contributed by atoms with Crippen LogP contribution in [0.1, 0.15) is 15.2 Å². The number of thiophene rings is 1. The van der Waals surface area contributed by atoms with E-state index in [1.54, 1.807) is 0 Å². The molecule has 0 radical (unpaired) electrons. The highest BCUT2D eigenvalue weighted by atomic mass is 79.9. The first kappa shape index (κ1) is 12.3. The molecule has 2 nitrogen and oxygen atoms in total. The van der Waals surface area contributed by atoms with Gasteiger partial charge >= 0.3 is 0 Å². The van der Waals surface area contributed by atoms with Crippen LogP contribution < -0.4 is 4.74 Å². The van der Waals surface area contributed by atoms with E-state index in [2.05, 4.69) is 15.9 Å². The number of halogens is 2. The normalized spacial score (nSPS) is 10.2. The van der Waals surface area contributed by atoms with Gasteiger partial charge in [0, 0.05) is 10.0 Å². The molecular formula is C12H8BrFO2S. The lowest BCUT2D eigenvalue weighted by Crippen LogP contribution is -1.96. The van der Waals surface area contributed by atoms with Gasteiger partial charge in [0.1, 0.15) is 12.9 Å². The third-order valence-electron chi connectivity index (χ3n) is 2.14. The van der Waals surface area contributed by atoms with Crippen LogP contribution in [0.25, 0.3) is 0 Å². The molecule has 0 aliphatic rings. The second-order valence-corrected chi connectivity index (χ2v) is 5.14. The predicted octanol–water partition coefficient (Wildman–Crippen LogP) is 4.04. The standard InChI is InChI=1S/C12H8BrFO2S/c13-9-3-4-17-12(9)7-16-11-2-1-8(6-15)5-10(11)14/h1-6H,7H2. The van der Waals surface area contributed by atoms with Gasteiger partial charge in [0.2, 0.25) is 0 Å². The fraction of sp³-hybridized carbons (Fsp3) is 0.0833. The zero-order chi connectivity index (χ0) is 12.3. The maximum Gasteiger partial charge on any atom is 0.165 e. The summed E-state index contributed by atoms with van der Waals surface area (Å²) in [6, 6.07) is 6.05. The van der Waals surface area contributed by atoms with Crippen LogP contribution in [0.5, 0.6) is 5.75 Å². The van der Waals surface area contributed by atoms with E-state index in [1.165, 1.54) is 23.5 Å². The molecule has 2 rings (SSSR count). The topological polar surface area (TPSA) is 26.3 Å². The summed E-state index contributed by atoms with van der Waals surface area (Å²) in [5.74, 6) is -0.377. The molecule has 0 atom stereocenters. The molecule has 1 aromatic carbocycles. The van der Waals surface area contributed by atoms with Crippen LogP contribution >= 0.6 is 27.3 Å². The Bertz CT molecular complexity index is 539. The quantitative estimate of drug-likeness (QED) is 0.796. The third-order valence-corrected chi connectivity index (χ3v) is 4.04. The minimum Gasteiger partial charge on any atom is -0.485 e. The van der Waals surface area contributed by atoms with Crippen LogP contribution in [0.3, 0.4) is 0 Å². The van der Waals surface area contributed by atoms with E-state index in [4.69, 9.17) is 4.74 Å². The Morgan fingerprint density at radius 3 is 2.82 bits per heavy atom. The minimum absolute atomic E-state index is 0.149. The van der Waals surface area contributed by atoms with E-state index in [0.717, 1.165) is 15.4 Å². The molecule has 0 fully saturated rings. The Labute approximate surface area is 110 Å². The average molecular weight is 315 g/mol. The van der Waals surface area contributed by atoms with E-state index in [9.17, 15) is 9.18 Å². The number of carbonyl (C=O) groups is 1. The predicted molar refractivity (Wildman–Crippen MR) is 68.1 cm³/mol. The zero-order valence-electron chi connectivity index (χ0n) is 8.65. The molecule has 0 amide bonds. The van der Waals surface area contributed by atoms with Gasteiger partial charge < -0.3 is 4.74 Å². The number of rotatable bonds is 4. The Morgan fingerprint density at radius 1 is 1.41 bits per heavy atom. The van der Waals surface area contributed by atoms with Crippen LogP contribution in [-0.2, 0) is 6.61 Å². The van der Waals surface area contributed by atoms with Crippen molar-refractivity contribution in [3.63, 3.8) is 0 Å². The smallest absolute Gasteiger partial charge is 0.165 e. The van der Waals surface area contributed by atoms with Crippen LogP contribution in [0.15, 0.2) is 34.1 Å². The summed E-state index contributed by atoms with van der Waals surface area (Å²) in [6.07, 6.45) is 0.600. The summed E-state index contributed by atoms with van der Waals surface area (Å²) in [5.41, 5.74) is 0.298. The molecule has 0 unspecified atom stereocenters. The lowest BCUT2D eigenvalue weighted by atomic mass is 10.2. The fourth-order valence-corrected chi connectivity index (χ4v) is 2.66. The first-order chi connectivity index (χ1) is 8.20. The van der Waals surface area contributed by atoms with Crippen molar-refractivity contribution in [2.24, 2.45) is 0 Å². The molecule has 0 spiro atoms. The van der Waals surface area contributed by atoms with Crippen molar-refractivity contribution in [2.45, 2.75) is 6.61 Å². The van der Waals surface area contributed by atoms with E-state index >= 15 is 0 Å². The first-order valence-corrected chi connectivity index (χ1v) is 6.47. The van der Waals surface area contributed by atoms with Gasteiger partial charge in [-0.25, -0.2) is 4.39 Å². The lowest BCUT2D eigenvalue weighted by Gasteiger charge is -2.06. The zero-order valence-corrected chi connectivity index (χ0v) is 11.1. The van der Waals surface area contributed by atoms with E-state index in [-0.39, 0.29) is 5.75 Å². The molecule has 1 aromatic heterocycles. The van der Waals surface area contributed by atoms with Crippen molar-refractivity contribution in [3.8, 4) is 5.75 Å². The fourth-order valence-electron chi connectivity index (χ4n) is 1.28. The van der Waals surface area contributed by atoms with Gasteiger partial charge in [-0.05, 0) is 45.6 Å². The van der Waals surface area contributed by atoms with Crippen molar-refractivity contribution in [3.05, 3.63) is 50.4 Å². The molecule has 88 valence electrons. The van der Waals surface area contributed by atoms with Crippen LogP contribution in [0.4, 0.5) is 4.39 Å². The third kappa shape index (κ3) is 2.92. The molecular weight excluding hydrogens is 307 g/mol. The number of carbonyl (C=O) groups excluding carboxylic acids is 1. The van der Waals surface area contributed by atoms with Crippen molar-refractivity contribution < 1.29 is 13.9 Å². The molecule has 0 aliphatic heterocycles. The Hall–Kier alpha value is -1.20. The summed E-state index contributed by atoms with van der Waals surface area (Å²) in [7, 11) is 0. The van der Waals surface area contributed by atoms with Crippen molar-refractivity contribution >= 4 is 33.6 Å². The molecule has 0 bridgehead atoms. The summed E-state index contributed by atoms with van der Waals surface area (Å²) in [6.45, 7) is 0.301. The number of ether oxygens (including phenoxy) is 1. The minimum atomic E-state index is -0.526. The number of aldehydes is 1. The Morgan fingerprint density at radius 2 is 2.24 bits per heavy atom. The van der Waals surface area contributed by atoms with Gasteiger partial charge in [0.05, 0.1) is 4.88 Å². The van der Waals surface area contributed by atoms with Crippen LogP contribution in [-0.4, -0.2) is 6.29 Å². The van der Waals surface area contributed by atoms with Gasteiger partial charge in [-0.1, -0.05) is 0 Å². The molecule has 0 N–H and O–H groups in total. The van der Waals surface area contributed by atoms with Crippen LogP contribution in [0.2, 0.25) is 0 Å². The van der Waals surface area contributed by atoms with Crippen LogP contribution in [0, 0.1) is 5.82 Å². The molecule has 5 heteroatoms. The van der Waals surface area contributed by atoms with E-state index in [1.807, 2.05) is 11.4 Å². The number of benzene rings is 1. The monoisotopic (exact) mass is 314 g/mol. The lowest BCUT2D eigenvalue weighted by molar-refractivity contribution is 0.112. The SMILES string of the molecule is O=Cc1ccc(OCc2sccc2Br)c(F)c1. The maximum absolute atomic E-state index is 13.5. The highest BCUT2D eigenvalue weighted by molar-refractivity contribution is 9.10. The van der Waals surface area contributed by atoms with Gasteiger partial charge in [-0.15, -0.1) is 11.3 Å². The Kier molecular flexibility index (Phi) is 3.91. The summed E-state index contributed by atoms with van der Waals surface area (Å²) >= 11 is 4.90. The second-order valence-electron chi connectivity index (χ2n) is 3.29. The van der Waals surface area contributed by atoms with E-state index < -0.39 is 5.82 Å². The highest BCUT2D eigenvalue weighted by Crippen LogP contribution is 2.25. The molecule has 0 saturated carbocycles. The largest absolute Gasteiger partial charge is 0.485 e. The van der Waals surface area contributed by atoms with E-state index in [0.29, 0.717) is 18.5 Å². The molecule has 1 heterocycles.